The minimum atomic E-state index is -0.573. The molecule has 0 unspecified atom stereocenters. The number of hydrogen-bond donors (Lipinski definition) is 0. The summed E-state index contributed by atoms with van der Waals surface area (Å²) in [6, 6.07) is 0. The number of Topliss-reactive ketones (excluding diaryl/α,β-unsaturated/α-hetero) is 2. The van der Waals surface area contributed by atoms with Crippen molar-refractivity contribution < 1.29 is 9.59 Å². The Kier molecular flexibility index (Phi) is 7.27. The van der Waals surface area contributed by atoms with Crippen molar-refractivity contribution in [3.63, 3.8) is 0 Å². The van der Waals surface area contributed by atoms with E-state index in [1.807, 2.05) is 6.92 Å². The van der Waals surface area contributed by atoms with E-state index in [9.17, 15) is 9.59 Å². The van der Waals surface area contributed by atoms with Gasteiger partial charge in [-0.05, 0) is 13.3 Å². The molecule has 0 aliphatic heterocycles. The summed E-state index contributed by atoms with van der Waals surface area (Å²) in [5.74, 6) is -1.12. The van der Waals surface area contributed by atoms with Gasteiger partial charge in [-0.3, -0.25) is 9.59 Å². The van der Waals surface area contributed by atoms with Gasteiger partial charge in [0.1, 0.15) is 0 Å². The zero-order valence-electron chi connectivity index (χ0n) is 10.4. The molecule has 0 heterocycles. The van der Waals surface area contributed by atoms with Crippen molar-refractivity contribution in [2.45, 2.75) is 20.3 Å². The second kappa shape index (κ2) is 8.22. The maximum absolute atomic E-state index is 11.8. The average molecular weight is 230 g/mol. The molecule has 2 nitrogen and oxygen atoms in total. The number of carbonyl (C=O) groups excluding carboxylic acids is 2. The zero-order chi connectivity index (χ0) is 13.3. The Morgan fingerprint density at radius 1 is 1.18 bits per heavy atom. The number of carbonyl (C=O) groups is 2. The highest BCUT2D eigenvalue weighted by atomic mass is 16.2. The summed E-state index contributed by atoms with van der Waals surface area (Å²) in [5, 5.41) is 0. The maximum Gasteiger partial charge on any atom is 0.233 e. The summed E-state index contributed by atoms with van der Waals surface area (Å²) >= 11 is 0. The smallest absolute Gasteiger partial charge is 0.233 e. The molecule has 0 radical (unpaired) electrons. The lowest BCUT2D eigenvalue weighted by Gasteiger charge is -2.00. The summed E-state index contributed by atoms with van der Waals surface area (Å²) < 4.78 is 0. The molecule has 0 fully saturated rings. The Bertz CT molecular complexity index is 407. The third-order valence-corrected chi connectivity index (χ3v) is 2.04. The van der Waals surface area contributed by atoms with Crippen LogP contribution >= 0.6 is 0 Å². The molecule has 0 spiro atoms. The van der Waals surface area contributed by atoms with Crippen LogP contribution < -0.4 is 0 Å². The SMILES string of the molecule is C=C/C=C\C(=C/C)C(=O)C(=O)C(=C)/C=C\CC. The lowest BCUT2D eigenvalue weighted by atomic mass is 10.0. The number of allylic oxidation sites excluding steroid dienone is 8. The minimum absolute atomic E-state index is 0.211. The van der Waals surface area contributed by atoms with Gasteiger partial charge in [0.2, 0.25) is 11.6 Å². The molecule has 0 aromatic rings. The first-order valence-corrected chi connectivity index (χ1v) is 5.48. The van der Waals surface area contributed by atoms with Gasteiger partial charge in [0.25, 0.3) is 0 Å². The molecule has 0 aromatic carbocycles. The molecule has 0 N–H and O–H groups in total. The molecule has 0 aliphatic carbocycles. The number of rotatable bonds is 7. The quantitative estimate of drug-likeness (QED) is 0.382. The van der Waals surface area contributed by atoms with Gasteiger partial charge in [0, 0.05) is 11.1 Å². The van der Waals surface area contributed by atoms with Crippen LogP contribution in [-0.2, 0) is 9.59 Å². The maximum atomic E-state index is 11.8. The molecule has 0 amide bonds. The molecule has 17 heavy (non-hydrogen) atoms. The van der Waals surface area contributed by atoms with Gasteiger partial charge in [-0.25, -0.2) is 0 Å². The number of hydrogen-bond acceptors (Lipinski definition) is 2. The highest BCUT2D eigenvalue weighted by molar-refractivity contribution is 6.50. The Morgan fingerprint density at radius 2 is 1.82 bits per heavy atom. The van der Waals surface area contributed by atoms with E-state index >= 15 is 0 Å². The lowest BCUT2D eigenvalue weighted by Crippen LogP contribution is -2.16. The van der Waals surface area contributed by atoms with Crippen molar-refractivity contribution in [1.82, 2.24) is 0 Å². The van der Waals surface area contributed by atoms with Crippen LogP contribution in [0.5, 0.6) is 0 Å². The van der Waals surface area contributed by atoms with Gasteiger partial charge >= 0.3 is 0 Å². The lowest BCUT2D eigenvalue weighted by molar-refractivity contribution is -0.131. The predicted molar refractivity (Wildman–Crippen MR) is 71.7 cm³/mol. The van der Waals surface area contributed by atoms with Crippen molar-refractivity contribution in [1.29, 1.82) is 0 Å². The highest BCUT2D eigenvalue weighted by Gasteiger charge is 2.17. The van der Waals surface area contributed by atoms with Crippen LogP contribution in [0.2, 0.25) is 0 Å². The van der Waals surface area contributed by atoms with Gasteiger partial charge < -0.3 is 0 Å². The predicted octanol–water partition coefficient (Wildman–Crippen LogP) is 3.34. The fourth-order valence-corrected chi connectivity index (χ4v) is 1.09. The van der Waals surface area contributed by atoms with Gasteiger partial charge in [-0.2, -0.15) is 0 Å². The van der Waals surface area contributed by atoms with Gasteiger partial charge in [0.15, 0.2) is 0 Å². The average Bonchev–Trinajstić information content (AvgIpc) is 2.35. The van der Waals surface area contributed by atoms with E-state index in [0.29, 0.717) is 5.57 Å². The molecule has 0 atom stereocenters. The Labute approximate surface area is 103 Å². The van der Waals surface area contributed by atoms with Crippen LogP contribution in [0, 0.1) is 0 Å². The van der Waals surface area contributed by atoms with E-state index in [4.69, 9.17) is 0 Å². The van der Waals surface area contributed by atoms with Crippen LogP contribution in [0.15, 0.2) is 60.8 Å². The van der Waals surface area contributed by atoms with E-state index < -0.39 is 11.6 Å². The Hall–Kier alpha value is -1.96. The van der Waals surface area contributed by atoms with E-state index in [1.165, 1.54) is 0 Å². The van der Waals surface area contributed by atoms with E-state index in [0.717, 1.165) is 6.42 Å². The number of ketones is 2. The second-order valence-corrected chi connectivity index (χ2v) is 3.33. The van der Waals surface area contributed by atoms with E-state index in [2.05, 4.69) is 13.2 Å². The molecule has 0 aliphatic rings. The van der Waals surface area contributed by atoms with Gasteiger partial charge in [-0.15, -0.1) is 0 Å². The zero-order valence-corrected chi connectivity index (χ0v) is 10.4. The van der Waals surface area contributed by atoms with Crippen molar-refractivity contribution >= 4 is 11.6 Å². The van der Waals surface area contributed by atoms with Crippen molar-refractivity contribution in [3.05, 3.63) is 60.8 Å². The molecule has 2 heteroatoms. The van der Waals surface area contributed by atoms with Crippen molar-refractivity contribution in [2.24, 2.45) is 0 Å². The normalized spacial score (nSPS) is 12.0. The summed E-state index contributed by atoms with van der Waals surface area (Å²) in [6.07, 6.45) is 10.5. The molecule has 0 saturated carbocycles. The molecule has 90 valence electrons. The molecule has 0 rings (SSSR count). The Morgan fingerprint density at radius 3 is 2.29 bits per heavy atom. The summed E-state index contributed by atoms with van der Waals surface area (Å²) in [4.78, 5) is 23.5. The summed E-state index contributed by atoms with van der Waals surface area (Å²) in [7, 11) is 0. The summed E-state index contributed by atoms with van der Waals surface area (Å²) in [5.41, 5.74) is 0.559. The largest absolute Gasteiger partial charge is 0.285 e. The molecular weight excluding hydrogens is 212 g/mol. The van der Waals surface area contributed by atoms with E-state index in [1.54, 1.807) is 43.4 Å². The van der Waals surface area contributed by atoms with Crippen LogP contribution in [0.1, 0.15) is 20.3 Å². The van der Waals surface area contributed by atoms with E-state index in [-0.39, 0.29) is 5.57 Å². The highest BCUT2D eigenvalue weighted by Crippen LogP contribution is 2.06. The fraction of sp³-hybridized carbons (Fsp3) is 0.200. The molecular formula is C15H18O2. The fourth-order valence-electron chi connectivity index (χ4n) is 1.09. The Balaban J connectivity index is 4.86. The first kappa shape index (κ1) is 15.0. The first-order valence-electron chi connectivity index (χ1n) is 5.48. The first-order chi connectivity index (χ1) is 8.08. The van der Waals surface area contributed by atoms with Gasteiger partial charge in [-0.1, -0.05) is 56.5 Å². The monoisotopic (exact) mass is 230 g/mol. The minimum Gasteiger partial charge on any atom is -0.285 e. The van der Waals surface area contributed by atoms with Crippen molar-refractivity contribution in [3.8, 4) is 0 Å². The van der Waals surface area contributed by atoms with Gasteiger partial charge in [0.05, 0.1) is 0 Å². The third-order valence-electron chi connectivity index (χ3n) is 2.04. The van der Waals surface area contributed by atoms with Crippen LogP contribution in [-0.4, -0.2) is 11.6 Å². The molecule has 0 bridgehead atoms. The van der Waals surface area contributed by atoms with Crippen LogP contribution in [0.4, 0.5) is 0 Å². The molecule has 0 saturated heterocycles. The third kappa shape index (κ3) is 5.07. The standard InChI is InChI=1S/C15H18O2/c1-5-8-10-12(4)14(16)15(17)13(7-3)11-9-6-2/h6-11H,2,4-5H2,1,3H3/b10-8-,11-9-,13-7+. The summed E-state index contributed by atoms with van der Waals surface area (Å²) in [6.45, 7) is 10.7. The molecule has 0 aromatic heterocycles. The van der Waals surface area contributed by atoms with Crippen LogP contribution in [0.3, 0.4) is 0 Å². The van der Waals surface area contributed by atoms with Crippen molar-refractivity contribution in [2.75, 3.05) is 0 Å². The second-order valence-electron chi connectivity index (χ2n) is 3.33. The topological polar surface area (TPSA) is 34.1 Å². The van der Waals surface area contributed by atoms with Crippen LogP contribution in [0.25, 0.3) is 0 Å².